The van der Waals surface area contributed by atoms with E-state index in [1.807, 2.05) is 0 Å². The molecule has 0 heterocycles. The maximum Gasteiger partial charge on any atom is 0.126 e. The van der Waals surface area contributed by atoms with Crippen LogP contribution in [0.3, 0.4) is 0 Å². The largest absolute Gasteiger partial charge is 0.384 e. The summed E-state index contributed by atoms with van der Waals surface area (Å²) >= 11 is 0. The molecule has 17 heavy (non-hydrogen) atoms. The van der Waals surface area contributed by atoms with Crippen molar-refractivity contribution in [1.29, 1.82) is 0 Å². The predicted molar refractivity (Wildman–Crippen MR) is 64.0 cm³/mol. The topological polar surface area (TPSA) is 21.3 Å². The quantitative estimate of drug-likeness (QED) is 0.742. The Hall–Kier alpha value is -1.00. The highest BCUT2D eigenvalue weighted by atomic mass is 19.1. The van der Waals surface area contributed by atoms with Crippen LogP contribution in [-0.2, 0) is 11.2 Å². The third-order valence-corrected chi connectivity index (χ3v) is 2.46. The molecule has 1 unspecified atom stereocenters. The molecule has 0 radical (unpaired) electrons. The second kappa shape index (κ2) is 7.35. The standard InChI is InChI=1S/C13H19F2NO/c1-10(9-17-2)8-16-4-3-11-5-12(14)7-13(15)6-11/h5-7,10,16H,3-4,8-9H2,1-2H3. The molecule has 0 spiro atoms. The van der Waals surface area contributed by atoms with Gasteiger partial charge in [-0.3, -0.25) is 0 Å². The van der Waals surface area contributed by atoms with Crippen molar-refractivity contribution in [3.8, 4) is 0 Å². The first kappa shape index (κ1) is 14.1. The molecule has 96 valence electrons. The predicted octanol–water partition coefficient (Wildman–Crippen LogP) is 2.38. The lowest BCUT2D eigenvalue weighted by molar-refractivity contribution is 0.158. The average Bonchev–Trinajstić information content (AvgIpc) is 2.23. The molecule has 0 fully saturated rings. The van der Waals surface area contributed by atoms with Crippen molar-refractivity contribution in [2.75, 3.05) is 26.8 Å². The van der Waals surface area contributed by atoms with Gasteiger partial charge in [-0.1, -0.05) is 6.92 Å². The van der Waals surface area contributed by atoms with E-state index in [0.29, 0.717) is 31.1 Å². The van der Waals surface area contributed by atoms with E-state index in [0.717, 1.165) is 12.6 Å². The van der Waals surface area contributed by atoms with Crippen LogP contribution in [0.5, 0.6) is 0 Å². The number of hydrogen-bond donors (Lipinski definition) is 1. The maximum absolute atomic E-state index is 12.9. The second-order valence-electron chi connectivity index (χ2n) is 4.29. The van der Waals surface area contributed by atoms with Crippen LogP contribution in [0.4, 0.5) is 8.78 Å². The smallest absolute Gasteiger partial charge is 0.126 e. The third-order valence-electron chi connectivity index (χ3n) is 2.46. The molecule has 1 atom stereocenters. The number of ether oxygens (including phenoxy) is 1. The van der Waals surface area contributed by atoms with E-state index in [2.05, 4.69) is 12.2 Å². The second-order valence-corrected chi connectivity index (χ2v) is 4.29. The number of hydrogen-bond acceptors (Lipinski definition) is 2. The van der Waals surface area contributed by atoms with Gasteiger partial charge in [0.05, 0.1) is 0 Å². The Morgan fingerprint density at radius 1 is 1.24 bits per heavy atom. The summed E-state index contributed by atoms with van der Waals surface area (Å²) in [6.07, 6.45) is 0.619. The lowest BCUT2D eigenvalue weighted by Crippen LogP contribution is -2.25. The first-order valence-electron chi connectivity index (χ1n) is 5.76. The fourth-order valence-electron chi connectivity index (χ4n) is 1.68. The summed E-state index contributed by atoms with van der Waals surface area (Å²) in [7, 11) is 1.67. The van der Waals surface area contributed by atoms with Crippen molar-refractivity contribution >= 4 is 0 Å². The van der Waals surface area contributed by atoms with E-state index in [1.54, 1.807) is 7.11 Å². The molecular formula is C13H19F2NO. The molecule has 0 aliphatic heterocycles. The van der Waals surface area contributed by atoms with Crippen LogP contribution < -0.4 is 5.32 Å². The Morgan fingerprint density at radius 2 is 1.88 bits per heavy atom. The van der Waals surface area contributed by atoms with Crippen LogP contribution in [0, 0.1) is 17.6 Å². The van der Waals surface area contributed by atoms with Crippen LogP contribution in [0.2, 0.25) is 0 Å². The number of rotatable bonds is 7. The first-order chi connectivity index (χ1) is 8.11. The summed E-state index contributed by atoms with van der Waals surface area (Å²) in [5.41, 5.74) is 0.675. The van der Waals surface area contributed by atoms with Gasteiger partial charge in [-0.15, -0.1) is 0 Å². The fraction of sp³-hybridized carbons (Fsp3) is 0.538. The van der Waals surface area contributed by atoms with Crippen molar-refractivity contribution in [2.24, 2.45) is 5.92 Å². The van der Waals surface area contributed by atoms with E-state index in [-0.39, 0.29) is 0 Å². The zero-order valence-electron chi connectivity index (χ0n) is 10.3. The SMILES string of the molecule is COCC(C)CNCCc1cc(F)cc(F)c1. The number of halogens is 2. The molecule has 0 aromatic heterocycles. The zero-order chi connectivity index (χ0) is 12.7. The van der Waals surface area contributed by atoms with Gasteiger partial charge in [0, 0.05) is 19.8 Å². The number of methoxy groups -OCH3 is 1. The molecule has 1 rings (SSSR count). The van der Waals surface area contributed by atoms with Crippen molar-refractivity contribution in [3.63, 3.8) is 0 Å². The van der Waals surface area contributed by atoms with Crippen LogP contribution >= 0.6 is 0 Å². The molecule has 0 amide bonds. The molecule has 0 saturated heterocycles. The third kappa shape index (κ3) is 5.75. The lowest BCUT2D eigenvalue weighted by atomic mass is 10.1. The van der Waals surface area contributed by atoms with Gasteiger partial charge in [-0.2, -0.15) is 0 Å². The monoisotopic (exact) mass is 243 g/mol. The van der Waals surface area contributed by atoms with E-state index < -0.39 is 11.6 Å². The minimum atomic E-state index is -0.521. The molecule has 1 aromatic carbocycles. The molecule has 0 bridgehead atoms. The Morgan fingerprint density at radius 3 is 2.47 bits per heavy atom. The normalized spacial score (nSPS) is 12.7. The van der Waals surface area contributed by atoms with Crippen LogP contribution in [0.25, 0.3) is 0 Å². The minimum Gasteiger partial charge on any atom is -0.384 e. The van der Waals surface area contributed by atoms with Gasteiger partial charge < -0.3 is 10.1 Å². The summed E-state index contributed by atoms with van der Waals surface area (Å²) in [4.78, 5) is 0. The Kier molecular flexibility index (Phi) is 6.08. The van der Waals surface area contributed by atoms with Crippen LogP contribution in [0.1, 0.15) is 12.5 Å². The van der Waals surface area contributed by atoms with Crippen molar-refractivity contribution < 1.29 is 13.5 Å². The summed E-state index contributed by atoms with van der Waals surface area (Å²) in [6, 6.07) is 3.62. The zero-order valence-corrected chi connectivity index (χ0v) is 10.3. The summed E-state index contributed by atoms with van der Waals surface area (Å²) < 4.78 is 30.8. The van der Waals surface area contributed by atoms with Gasteiger partial charge in [-0.25, -0.2) is 8.78 Å². The molecule has 4 heteroatoms. The van der Waals surface area contributed by atoms with Crippen LogP contribution in [0.15, 0.2) is 18.2 Å². The molecule has 0 aliphatic carbocycles. The highest BCUT2D eigenvalue weighted by Crippen LogP contribution is 2.08. The summed E-state index contributed by atoms with van der Waals surface area (Å²) in [5, 5.41) is 3.23. The van der Waals surface area contributed by atoms with Gasteiger partial charge in [0.2, 0.25) is 0 Å². The molecule has 1 N–H and O–H groups in total. The summed E-state index contributed by atoms with van der Waals surface area (Å²) in [5.74, 6) is -0.607. The van der Waals surface area contributed by atoms with Crippen LogP contribution in [-0.4, -0.2) is 26.8 Å². The van der Waals surface area contributed by atoms with Crippen molar-refractivity contribution in [1.82, 2.24) is 5.32 Å². The molecule has 0 aliphatic rings. The van der Waals surface area contributed by atoms with Crippen molar-refractivity contribution in [2.45, 2.75) is 13.3 Å². The van der Waals surface area contributed by atoms with E-state index in [1.165, 1.54) is 12.1 Å². The number of nitrogens with one attached hydrogen (secondary N) is 1. The van der Waals surface area contributed by atoms with Gasteiger partial charge in [0.15, 0.2) is 0 Å². The van der Waals surface area contributed by atoms with Gasteiger partial charge in [-0.05, 0) is 43.1 Å². The highest BCUT2D eigenvalue weighted by Gasteiger charge is 2.02. The minimum absolute atomic E-state index is 0.434. The summed E-state index contributed by atoms with van der Waals surface area (Å²) in [6.45, 7) is 4.34. The molecule has 2 nitrogen and oxygen atoms in total. The van der Waals surface area contributed by atoms with E-state index in [4.69, 9.17) is 4.74 Å². The van der Waals surface area contributed by atoms with Gasteiger partial charge in [0.1, 0.15) is 11.6 Å². The van der Waals surface area contributed by atoms with Gasteiger partial charge in [0.25, 0.3) is 0 Å². The Bertz CT molecular complexity index is 324. The molecule has 1 aromatic rings. The highest BCUT2D eigenvalue weighted by molar-refractivity contribution is 5.18. The molecular weight excluding hydrogens is 224 g/mol. The van der Waals surface area contributed by atoms with Crippen molar-refractivity contribution in [3.05, 3.63) is 35.4 Å². The fourth-order valence-corrected chi connectivity index (χ4v) is 1.68. The van der Waals surface area contributed by atoms with E-state index >= 15 is 0 Å². The van der Waals surface area contributed by atoms with E-state index in [9.17, 15) is 8.78 Å². The molecule has 0 saturated carbocycles. The van der Waals surface area contributed by atoms with Gasteiger partial charge >= 0.3 is 0 Å². The Labute approximate surface area is 101 Å². The first-order valence-corrected chi connectivity index (χ1v) is 5.76. The maximum atomic E-state index is 12.9. The average molecular weight is 243 g/mol. The Balaban J connectivity index is 2.26. The number of benzene rings is 1. The lowest BCUT2D eigenvalue weighted by Gasteiger charge is -2.11.